The van der Waals surface area contributed by atoms with Gasteiger partial charge in [0.05, 0.1) is 5.88 Å². The van der Waals surface area contributed by atoms with E-state index >= 15 is 0 Å². The molecule has 1 aromatic carbocycles. The van der Waals surface area contributed by atoms with Crippen molar-refractivity contribution in [3.63, 3.8) is 0 Å². The van der Waals surface area contributed by atoms with Gasteiger partial charge in [0.1, 0.15) is 0 Å². The van der Waals surface area contributed by atoms with Crippen molar-refractivity contribution >= 4 is 49.0 Å². The van der Waals surface area contributed by atoms with Crippen molar-refractivity contribution in [1.29, 1.82) is 0 Å². The zero-order valence-electron chi connectivity index (χ0n) is 6.18. The number of alkyl halides is 1. The topological polar surface area (TPSA) is 0 Å². The normalized spacial score (nSPS) is 10.8. The molecule has 0 amide bonds. The van der Waals surface area contributed by atoms with Gasteiger partial charge in [0, 0.05) is 14.0 Å². The molecule has 0 fully saturated rings. The van der Waals surface area contributed by atoms with Gasteiger partial charge in [-0.3, -0.25) is 0 Å². The summed E-state index contributed by atoms with van der Waals surface area (Å²) < 4.78 is 2.41. The van der Waals surface area contributed by atoms with Gasteiger partial charge in [-0.25, -0.2) is 0 Å². The van der Waals surface area contributed by atoms with Crippen molar-refractivity contribution < 1.29 is 0 Å². The molecule has 62 valence electrons. The summed E-state index contributed by atoms with van der Waals surface area (Å²) in [5.74, 6) is 0.608. The molecule has 0 aliphatic rings. The fraction of sp³-hybridized carbons (Fsp3) is 0.111. The van der Waals surface area contributed by atoms with Crippen LogP contribution in [-0.4, -0.2) is 0 Å². The second-order valence-electron chi connectivity index (χ2n) is 2.53. The Morgan fingerprint density at radius 2 is 2.17 bits per heavy atom. The molecule has 1 aromatic heterocycles. The van der Waals surface area contributed by atoms with Gasteiger partial charge >= 0.3 is 0 Å². The number of hydrogen-bond donors (Lipinski definition) is 0. The molecule has 0 atom stereocenters. The highest BCUT2D eigenvalue weighted by molar-refractivity contribution is 9.10. The van der Waals surface area contributed by atoms with Crippen LogP contribution in [0.5, 0.6) is 0 Å². The van der Waals surface area contributed by atoms with Crippen LogP contribution in [0, 0.1) is 0 Å². The predicted molar refractivity (Wildman–Crippen MR) is 59.1 cm³/mol. The SMILES string of the molecule is ClCc1cc2ccc(Br)cc2s1. The number of thiophene rings is 1. The molecule has 0 saturated heterocycles. The highest BCUT2D eigenvalue weighted by Gasteiger charge is 2.00. The molecular formula is C9H6BrClS. The van der Waals surface area contributed by atoms with Crippen LogP contribution in [0.3, 0.4) is 0 Å². The molecule has 0 N–H and O–H groups in total. The van der Waals surface area contributed by atoms with Gasteiger partial charge in [0.2, 0.25) is 0 Å². The first kappa shape index (κ1) is 8.54. The average Bonchev–Trinajstić information content (AvgIpc) is 2.46. The summed E-state index contributed by atoms with van der Waals surface area (Å²) >= 11 is 10.9. The summed E-state index contributed by atoms with van der Waals surface area (Å²) in [6.45, 7) is 0. The maximum absolute atomic E-state index is 5.74. The molecule has 0 radical (unpaired) electrons. The minimum atomic E-state index is 0.608. The van der Waals surface area contributed by atoms with Crippen LogP contribution in [0.2, 0.25) is 0 Å². The molecule has 3 heteroatoms. The summed E-state index contributed by atoms with van der Waals surface area (Å²) in [5, 5.41) is 1.28. The molecule has 0 aliphatic heterocycles. The van der Waals surface area contributed by atoms with Crippen molar-refractivity contribution in [3.05, 3.63) is 33.6 Å². The molecule has 0 spiro atoms. The van der Waals surface area contributed by atoms with Crippen LogP contribution in [0.4, 0.5) is 0 Å². The van der Waals surface area contributed by atoms with Gasteiger partial charge in [0.25, 0.3) is 0 Å². The lowest BCUT2D eigenvalue weighted by atomic mass is 10.2. The van der Waals surface area contributed by atoms with Gasteiger partial charge in [-0.1, -0.05) is 22.0 Å². The van der Waals surface area contributed by atoms with E-state index in [0.29, 0.717) is 5.88 Å². The van der Waals surface area contributed by atoms with Gasteiger partial charge in [-0.2, -0.15) is 0 Å². The summed E-state index contributed by atoms with van der Waals surface area (Å²) in [6, 6.07) is 8.41. The third-order valence-electron chi connectivity index (χ3n) is 1.66. The third kappa shape index (κ3) is 1.51. The molecule has 2 aromatic rings. The zero-order chi connectivity index (χ0) is 8.55. The lowest BCUT2D eigenvalue weighted by molar-refractivity contribution is 1.54. The minimum absolute atomic E-state index is 0.608. The van der Waals surface area contributed by atoms with Crippen molar-refractivity contribution in [3.8, 4) is 0 Å². The second kappa shape index (κ2) is 3.36. The summed E-state index contributed by atoms with van der Waals surface area (Å²) in [7, 11) is 0. The monoisotopic (exact) mass is 260 g/mol. The summed E-state index contributed by atoms with van der Waals surface area (Å²) in [4.78, 5) is 1.23. The lowest BCUT2D eigenvalue weighted by Crippen LogP contribution is -1.62. The highest BCUT2D eigenvalue weighted by atomic mass is 79.9. The van der Waals surface area contributed by atoms with Crippen LogP contribution in [0.15, 0.2) is 28.7 Å². The molecule has 0 aliphatic carbocycles. The number of hydrogen-bond acceptors (Lipinski definition) is 1. The second-order valence-corrected chi connectivity index (χ2v) is 4.88. The Kier molecular flexibility index (Phi) is 2.40. The van der Waals surface area contributed by atoms with Crippen LogP contribution < -0.4 is 0 Å². The Morgan fingerprint density at radius 3 is 2.92 bits per heavy atom. The Hall–Kier alpha value is -0.0500. The van der Waals surface area contributed by atoms with Gasteiger partial charge < -0.3 is 0 Å². The first-order valence-electron chi connectivity index (χ1n) is 3.53. The number of fused-ring (bicyclic) bond motifs is 1. The standard InChI is InChI=1S/C9H6BrClS/c10-7-2-1-6-3-8(5-11)12-9(6)4-7/h1-4H,5H2. The predicted octanol–water partition coefficient (Wildman–Crippen LogP) is 4.40. The maximum Gasteiger partial charge on any atom is 0.0568 e. The molecule has 0 nitrogen and oxygen atoms in total. The highest BCUT2D eigenvalue weighted by Crippen LogP contribution is 2.28. The van der Waals surface area contributed by atoms with E-state index in [2.05, 4.69) is 34.1 Å². The fourth-order valence-corrected chi connectivity index (χ4v) is 2.83. The van der Waals surface area contributed by atoms with Gasteiger partial charge in [-0.05, 0) is 23.6 Å². The first-order valence-corrected chi connectivity index (χ1v) is 5.68. The van der Waals surface area contributed by atoms with Crippen LogP contribution in [0.25, 0.3) is 10.1 Å². The molecule has 0 saturated carbocycles. The Labute approximate surface area is 88.3 Å². The van der Waals surface area contributed by atoms with E-state index in [1.54, 1.807) is 11.3 Å². The van der Waals surface area contributed by atoms with Crippen molar-refractivity contribution in [2.75, 3.05) is 0 Å². The Morgan fingerprint density at radius 1 is 1.33 bits per heavy atom. The van der Waals surface area contributed by atoms with Crippen LogP contribution in [-0.2, 0) is 5.88 Å². The Balaban J connectivity index is 2.67. The molecule has 0 unspecified atom stereocenters. The fourth-order valence-electron chi connectivity index (χ4n) is 1.13. The first-order chi connectivity index (χ1) is 5.79. The van der Waals surface area contributed by atoms with Crippen LogP contribution in [0.1, 0.15) is 4.88 Å². The molecular weight excluding hydrogens is 256 g/mol. The quantitative estimate of drug-likeness (QED) is 0.667. The van der Waals surface area contributed by atoms with E-state index in [0.717, 1.165) is 4.47 Å². The molecule has 2 rings (SSSR count). The zero-order valence-corrected chi connectivity index (χ0v) is 9.34. The van der Waals surface area contributed by atoms with Crippen molar-refractivity contribution in [2.45, 2.75) is 5.88 Å². The van der Waals surface area contributed by atoms with E-state index in [4.69, 9.17) is 11.6 Å². The number of benzene rings is 1. The lowest BCUT2D eigenvalue weighted by Gasteiger charge is -1.88. The van der Waals surface area contributed by atoms with E-state index in [1.165, 1.54) is 15.0 Å². The van der Waals surface area contributed by atoms with Crippen molar-refractivity contribution in [2.24, 2.45) is 0 Å². The van der Waals surface area contributed by atoms with E-state index in [9.17, 15) is 0 Å². The van der Waals surface area contributed by atoms with Crippen LogP contribution >= 0.6 is 38.9 Å². The Bertz CT molecular complexity index is 408. The van der Waals surface area contributed by atoms with E-state index in [-0.39, 0.29) is 0 Å². The number of halogens is 2. The smallest absolute Gasteiger partial charge is 0.0568 e. The van der Waals surface area contributed by atoms with E-state index in [1.807, 2.05) is 6.07 Å². The third-order valence-corrected chi connectivity index (χ3v) is 3.70. The number of rotatable bonds is 1. The molecule has 1 heterocycles. The van der Waals surface area contributed by atoms with Gasteiger partial charge in [-0.15, -0.1) is 22.9 Å². The maximum atomic E-state index is 5.74. The molecule has 12 heavy (non-hydrogen) atoms. The average molecular weight is 262 g/mol. The summed E-state index contributed by atoms with van der Waals surface area (Å²) in [5.41, 5.74) is 0. The largest absolute Gasteiger partial charge is 0.139 e. The van der Waals surface area contributed by atoms with Crippen molar-refractivity contribution in [1.82, 2.24) is 0 Å². The van der Waals surface area contributed by atoms with E-state index < -0.39 is 0 Å². The minimum Gasteiger partial charge on any atom is -0.139 e. The summed E-state index contributed by atoms with van der Waals surface area (Å²) in [6.07, 6.45) is 0. The van der Waals surface area contributed by atoms with Gasteiger partial charge in [0.15, 0.2) is 0 Å². The molecule has 0 bridgehead atoms.